The van der Waals surface area contributed by atoms with E-state index < -0.39 is 0 Å². The fraction of sp³-hybridized carbons (Fsp3) is 0.318. The van der Waals surface area contributed by atoms with Gasteiger partial charge in [0.15, 0.2) is 13.1 Å². The van der Waals surface area contributed by atoms with Crippen molar-refractivity contribution >= 4 is 29.1 Å². The van der Waals surface area contributed by atoms with E-state index in [1.165, 1.54) is 6.92 Å². The van der Waals surface area contributed by atoms with E-state index in [4.69, 9.17) is 0 Å². The minimum atomic E-state index is -0.166. The molecule has 0 spiro atoms. The van der Waals surface area contributed by atoms with Gasteiger partial charge in [0.2, 0.25) is 5.91 Å². The lowest BCUT2D eigenvalue weighted by molar-refractivity contribution is -0.881. The van der Waals surface area contributed by atoms with Gasteiger partial charge in [-0.05, 0) is 49.2 Å². The van der Waals surface area contributed by atoms with E-state index in [-0.39, 0.29) is 30.8 Å². The van der Waals surface area contributed by atoms with Crippen molar-refractivity contribution in [3.63, 3.8) is 0 Å². The van der Waals surface area contributed by atoms with Crippen molar-refractivity contribution in [3.8, 4) is 0 Å². The number of rotatable bonds is 9. The monoisotopic (exact) mass is 397 g/mol. The van der Waals surface area contributed by atoms with E-state index in [9.17, 15) is 14.4 Å². The first-order valence-electron chi connectivity index (χ1n) is 9.69. The third kappa shape index (κ3) is 7.75. The molecule has 154 valence electrons. The van der Waals surface area contributed by atoms with Gasteiger partial charge in [0.1, 0.15) is 0 Å². The second-order valence-electron chi connectivity index (χ2n) is 6.97. The van der Waals surface area contributed by atoms with Crippen LogP contribution >= 0.6 is 0 Å². The number of hydrogen-bond donors (Lipinski definition) is 4. The molecular formula is C22H29N4O3+. The van der Waals surface area contributed by atoms with Gasteiger partial charge in [-0.3, -0.25) is 14.4 Å². The third-order valence-electron chi connectivity index (χ3n) is 4.55. The molecule has 1 unspecified atom stereocenters. The Morgan fingerprint density at radius 1 is 0.862 bits per heavy atom. The lowest BCUT2D eigenvalue weighted by Crippen LogP contribution is -3.13. The molecule has 0 heterocycles. The minimum absolute atomic E-state index is 0.0856. The average molecular weight is 397 g/mol. The Kier molecular flexibility index (Phi) is 8.36. The van der Waals surface area contributed by atoms with Gasteiger partial charge in [-0.1, -0.05) is 24.3 Å². The van der Waals surface area contributed by atoms with Crippen molar-refractivity contribution in [3.05, 3.63) is 59.7 Å². The topological polar surface area (TPSA) is 91.7 Å². The number of likely N-dealkylation sites (N-methyl/N-ethyl adjacent to an activating group) is 1. The summed E-state index contributed by atoms with van der Waals surface area (Å²) in [5.74, 6) is -0.400. The number of carbonyl (C=O) groups excluding carboxylic acids is 3. The highest BCUT2D eigenvalue weighted by Gasteiger charge is 2.17. The van der Waals surface area contributed by atoms with E-state index in [2.05, 4.69) is 16.0 Å². The Morgan fingerprint density at radius 2 is 1.45 bits per heavy atom. The molecule has 1 atom stereocenters. The van der Waals surface area contributed by atoms with Crippen LogP contribution in [0.5, 0.6) is 0 Å². The van der Waals surface area contributed by atoms with E-state index >= 15 is 0 Å². The van der Waals surface area contributed by atoms with E-state index in [0.29, 0.717) is 24.5 Å². The molecule has 2 rings (SSSR count). The first-order valence-corrected chi connectivity index (χ1v) is 9.69. The average Bonchev–Trinajstić information content (AvgIpc) is 2.68. The van der Waals surface area contributed by atoms with Crippen LogP contribution in [0.2, 0.25) is 0 Å². The number of nitrogens with one attached hydrogen (secondary N) is 4. The molecule has 7 nitrogen and oxygen atoms in total. The van der Waals surface area contributed by atoms with Crippen LogP contribution in [0.1, 0.15) is 25.0 Å². The standard InChI is InChI=1S/C22H28N4O3/c1-4-26(14-21(28)23-13-18-8-6-5-7-16(18)2)15-22(29)25-20-11-9-19(10-12-20)24-17(3)27/h5-12H,4,13-15H2,1-3H3,(H,23,28)(H,24,27)(H,25,29)/p+1. The van der Waals surface area contributed by atoms with Gasteiger partial charge in [0, 0.05) is 24.8 Å². The van der Waals surface area contributed by atoms with E-state index in [1.807, 2.05) is 38.1 Å². The molecule has 0 bridgehead atoms. The first kappa shape index (κ1) is 22.1. The number of aryl methyl sites for hydroxylation is 1. The zero-order valence-electron chi connectivity index (χ0n) is 17.2. The maximum absolute atomic E-state index is 12.3. The number of amides is 3. The van der Waals surface area contributed by atoms with Crippen LogP contribution in [0, 0.1) is 6.92 Å². The molecular weight excluding hydrogens is 368 g/mol. The van der Waals surface area contributed by atoms with Gasteiger partial charge in [-0.2, -0.15) is 0 Å². The highest BCUT2D eigenvalue weighted by atomic mass is 16.2. The fourth-order valence-electron chi connectivity index (χ4n) is 2.88. The SMILES string of the molecule is CC[NH+](CC(=O)NCc1ccccc1C)CC(=O)Nc1ccc(NC(C)=O)cc1. The van der Waals surface area contributed by atoms with Crippen LogP contribution in [0.3, 0.4) is 0 Å². The van der Waals surface area contributed by atoms with Crippen molar-refractivity contribution in [1.82, 2.24) is 5.32 Å². The number of benzene rings is 2. The molecule has 0 aliphatic heterocycles. The van der Waals surface area contributed by atoms with Gasteiger partial charge in [-0.25, -0.2) is 0 Å². The summed E-state index contributed by atoms with van der Waals surface area (Å²) in [7, 11) is 0. The summed E-state index contributed by atoms with van der Waals surface area (Å²) in [6.07, 6.45) is 0. The molecule has 0 aliphatic rings. The van der Waals surface area contributed by atoms with Crippen molar-refractivity contribution in [1.29, 1.82) is 0 Å². The summed E-state index contributed by atoms with van der Waals surface area (Å²) >= 11 is 0. The van der Waals surface area contributed by atoms with Gasteiger partial charge in [0.25, 0.3) is 11.8 Å². The molecule has 7 heteroatoms. The molecule has 3 amide bonds. The van der Waals surface area contributed by atoms with Crippen LogP contribution in [-0.2, 0) is 20.9 Å². The molecule has 2 aromatic carbocycles. The highest BCUT2D eigenvalue weighted by molar-refractivity contribution is 5.92. The lowest BCUT2D eigenvalue weighted by atomic mass is 10.1. The second-order valence-corrected chi connectivity index (χ2v) is 6.97. The molecule has 0 aromatic heterocycles. The lowest BCUT2D eigenvalue weighted by Gasteiger charge is -2.17. The predicted octanol–water partition coefficient (Wildman–Crippen LogP) is 1.11. The third-order valence-corrected chi connectivity index (χ3v) is 4.55. The van der Waals surface area contributed by atoms with E-state index in [1.54, 1.807) is 24.3 Å². The zero-order valence-corrected chi connectivity index (χ0v) is 17.2. The number of anilines is 2. The van der Waals surface area contributed by atoms with Crippen LogP contribution in [0.4, 0.5) is 11.4 Å². The molecule has 0 fully saturated rings. The molecule has 0 saturated heterocycles. The molecule has 4 N–H and O–H groups in total. The van der Waals surface area contributed by atoms with Crippen molar-refractivity contribution in [2.75, 3.05) is 30.3 Å². The Labute approximate surface area is 171 Å². The molecule has 0 radical (unpaired) electrons. The number of hydrogen-bond acceptors (Lipinski definition) is 3. The Hall–Kier alpha value is -3.19. The molecule has 2 aromatic rings. The Morgan fingerprint density at radius 3 is 2.03 bits per heavy atom. The molecule has 0 saturated carbocycles. The Balaban J connectivity index is 1.80. The summed E-state index contributed by atoms with van der Waals surface area (Å²) < 4.78 is 0. The summed E-state index contributed by atoms with van der Waals surface area (Å²) in [5, 5.41) is 8.42. The van der Waals surface area contributed by atoms with Crippen LogP contribution < -0.4 is 20.9 Å². The largest absolute Gasteiger partial charge is 0.347 e. The van der Waals surface area contributed by atoms with Crippen molar-refractivity contribution in [2.24, 2.45) is 0 Å². The van der Waals surface area contributed by atoms with Gasteiger partial charge >= 0.3 is 0 Å². The quantitative estimate of drug-likeness (QED) is 0.511. The van der Waals surface area contributed by atoms with Crippen molar-refractivity contribution < 1.29 is 19.3 Å². The summed E-state index contributed by atoms with van der Waals surface area (Å²) in [4.78, 5) is 36.5. The van der Waals surface area contributed by atoms with Crippen molar-refractivity contribution in [2.45, 2.75) is 27.3 Å². The zero-order chi connectivity index (χ0) is 21.2. The number of carbonyl (C=O) groups is 3. The maximum Gasteiger partial charge on any atom is 0.279 e. The van der Waals surface area contributed by atoms with Gasteiger partial charge in [0.05, 0.1) is 6.54 Å². The second kappa shape index (κ2) is 11.0. The van der Waals surface area contributed by atoms with Gasteiger partial charge < -0.3 is 20.9 Å². The first-order chi connectivity index (χ1) is 13.9. The normalized spacial score (nSPS) is 11.4. The maximum atomic E-state index is 12.3. The molecule has 29 heavy (non-hydrogen) atoms. The van der Waals surface area contributed by atoms with Crippen LogP contribution in [0.15, 0.2) is 48.5 Å². The fourth-order valence-corrected chi connectivity index (χ4v) is 2.88. The van der Waals surface area contributed by atoms with E-state index in [0.717, 1.165) is 16.0 Å². The molecule has 0 aliphatic carbocycles. The summed E-state index contributed by atoms with van der Waals surface area (Å²) in [5.41, 5.74) is 3.53. The smallest absolute Gasteiger partial charge is 0.279 e. The summed E-state index contributed by atoms with van der Waals surface area (Å²) in [6.45, 7) is 6.97. The van der Waals surface area contributed by atoms with Crippen LogP contribution in [0.25, 0.3) is 0 Å². The van der Waals surface area contributed by atoms with Crippen LogP contribution in [-0.4, -0.2) is 37.4 Å². The highest BCUT2D eigenvalue weighted by Crippen LogP contribution is 2.13. The predicted molar refractivity (Wildman–Crippen MR) is 114 cm³/mol. The summed E-state index contributed by atoms with van der Waals surface area (Å²) in [6, 6.07) is 14.8. The minimum Gasteiger partial charge on any atom is -0.347 e. The number of quaternary nitrogens is 1. The van der Waals surface area contributed by atoms with Gasteiger partial charge in [-0.15, -0.1) is 0 Å². The Bertz CT molecular complexity index is 849.